The molecule has 0 amide bonds. The average Bonchev–Trinajstić information content (AvgIpc) is 1.84. The molecule has 0 radical (unpaired) electrons. The minimum Gasteiger partial charge on any atom is -0.396 e. The molecule has 0 atom stereocenters. The summed E-state index contributed by atoms with van der Waals surface area (Å²) >= 11 is 0. The first-order chi connectivity index (χ1) is 4.83. The van der Waals surface area contributed by atoms with Crippen LogP contribution in [-0.2, 0) is 4.74 Å². The predicted molar refractivity (Wildman–Crippen MR) is 38.9 cm³/mol. The first-order valence-corrected chi connectivity index (χ1v) is 3.66. The second-order valence-corrected chi connectivity index (χ2v) is 3.00. The maximum atomic E-state index is 8.71. The van der Waals surface area contributed by atoms with Crippen molar-refractivity contribution in [3.05, 3.63) is 0 Å². The maximum Gasteiger partial charge on any atom is 0.0557 e. The Labute approximate surface area is 61.4 Å². The number of nitrogens with one attached hydrogen (secondary N) is 1. The lowest BCUT2D eigenvalue weighted by Gasteiger charge is -2.41. The lowest BCUT2D eigenvalue weighted by atomic mass is 9.83. The van der Waals surface area contributed by atoms with Gasteiger partial charge in [0.25, 0.3) is 0 Å². The molecule has 2 N–H and O–H groups in total. The molecule has 1 fully saturated rings. The highest BCUT2D eigenvalue weighted by Crippen LogP contribution is 2.29. The van der Waals surface area contributed by atoms with Gasteiger partial charge in [-0.2, -0.15) is 0 Å². The molecular weight excluding hydrogens is 130 g/mol. The highest BCUT2D eigenvalue weighted by molar-refractivity contribution is 4.86. The monoisotopic (exact) mass is 145 g/mol. The second-order valence-electron chi connectivity index (χ2n) is 3.00. The summed E-state index contributed by atoms with van der Waals surface area (Å²) < 4.78 is 5.09. The van der Waals surface area contributed by atoms with Crippen LogP contribution in [0, 0.1) is 5.41 Å². The third kappa shape index (κ3) is 1.48. The zero-order chi connectivity index (χ0) is 7.45. The normalized spacial score (nSPS) is 22.2. The third-order valence-electron chi connectivity index (χ3n) is 2.01. The second kappa shape index (κ2) is 3.32. The number of aliphatic hydroxyl groups excluding tert-OH is 1. The van der Waals surface area contributed by atoms with E-state index in [0.717, 1.165) is 26.2 Å². The molecule has 0 aromatic carbocycles. The molecule has 0 aromatic heterocycles. The van der Waals surface area contributed by atoms with Crippen molar-refractivity contribution in [1.82, 2.24) is 5.32 Å². The highest BCUT2D eigenvalue weighted by Gasteiger charge is 2.36. The van der Waals surface area contributed by atoms with Crippen LogP contribution in [0.2, 0.25) is 0 Å². The highest BCUT2D eigenvalue weighted by atomic mass is 16.5. The van der Waals surface area contributed by atoms with Gasteiger partial charge in [-0.05, 0) is 13.5 Å². The molecule has 0 aliphatic carbocycles. The SMILES string of the molecule is CNCC1(CCO)COC1. The topological polar surface area (TPSA) is 41.5 Å². The third-order valence-corrected chi connectivity index (χ3v) is 2.01. The number of aliphatic hydroxyl groups is 1. The summed E-state index contributed by atoms with van der Waals surface area (Å²) in [6.07, 6.45) is 0.855. The van der Waals surface area contributed by atoms with E-state index < -0.39 is 0 Å². The molecule has 10 heavy (non-hydrogen) atoms. The Bertz CT molecular complexity index is 93.8. The Morgan fingerprint density at radius 2 is 2.30 bits per heavy atom. The lowest BCUT2D eigenvalue weighted by Crippen LogP contribution is -2.49. The van der Waals surface area contributed by atoms with E-state index in [9.17, 15) is 0 Å². The van der Waals surface area contributed by atoms with Crippen LogP contribution in [0.3, 0.4) is 0 Å². The van der Waals surface area contributed by atoms with Gasteiger partial charge < -0.3 is 15.2 Å². The van der Waals surface area contributed by atoms with Gasteiger partial charge in [0.05, 0.1) is 13.2 Å². The van der Waals surface area contributed by atoms with E-state index in [2.05, 4.69) is 5.32 Å². The zero-order valence-corrected chi connectivity index (χ0v) is 6.39. The fraction of sp³-hybridized carbons (Fsp3) is 1.00. The number of rotatable bonds is 4. The first kappa shape index (κ1) is 7.98. The van der Waals surface area contributed by atoms with E-state index in [0.29, 0.717) is 0 Å². The fourth-order valence-electron chi connectivity index (χ4n) is 1.34. The van der Waals surface area contributed by atoms with Gasteiger partial charge in [0.2, 0.25) is 0 Å². The summed E-state index contributed by atoms with van der Waals surface area (Å²) in [7, 11) is 1.93. The maximum absolute atomic E-state index is 8.71. The molecule has 1 heterocycles. The van der Waals surface area contributed by atoms with Crippen LogP contribution in [-0.4, -0.2) is 38.5 Å². The largest absolute Gasteiger partial charge is 0.396 e. The molecule has 0 aromatic rings. The van der Waals surface area contributed by atoms with E-state index in [1.807, 2.05) is 7.05 Å². The number of hydrogen-bond donors (Lipinski definition) is 2. The average molecular weight is 145 g/mol. The summed E-state index contributed by atoms with van der Waals surface area (Å²) in [6, 6.07) is 0. The van der Waals surface area contributed by atoms with E-state index in [4.69, 9.17) is 9.84 Å². The molecule has 1 saturated heterocycles. The molecule has 0 unspecified atom stereocenters. The van der Waals surface area contributed by atoms with Gasteiger partial charge in [0.15, 0.2) is 0 Å². The van der Waals surface area contributed by atoms with Crippen molar-refractivity contribution >= 4 is 0 Å². The fourth-order valence-corrected chi connectivity index (χ4v) is 1.34. The standard InChI is InChI=1S/C7H15NO2/c1-8-4-7(2-3-9)5-10-6-7/h8-9H,2-6H2,1H3. The molecule has 1 aliphatic heterocycles. The summed E-state index contributed by atoms with van der Waals surface area (Å²) in [4.78, 5) is 0. The molecule has 0 bridgehead atoms. The minimum atomic E-state index is 0.240. The predicted octanol–water partition coefficient (Wildman–Crippen LogP) is -0.395. The smallest absolute Gasteiger partial charge is 0.0557 e. The number of hydrogen-bond acceptors (Lipinski definition) is 3. The molecule has 3 heteroatoms. The van der Waals surface area contributed by atoms with Crippen molar-refractivity contribution in [3.63, 3.8) is 0 Å². The Morgan fingerprint density at radius 3 is 2.60 bits per heavy atom. The molecule has 0 spiro atoms. The van der Waals surface area contributed by atoms with Crippen molar-refractivity contribution in [3.8, 4) is 0 Å². The van der Waals surface area contributed by atoms with Gasteiger partial charge in [-0.1, -0.05) is 0 Å². The van der Waals surface area contributed by atoms with Crippen molar-refractivity contribution in [2.75, 3.05) is 33.4 Å². The molecule has 1 rings (SSSR count). The summed E-state index contributed by atoms with van der Waals surface area (Å²) in [5, 5.41) is 11.8. The van der Waals surface area contributed by atoms with Crippen LogP contribution in [0.5, 0.6) is 0 Å². The Balaban J connectivity index is 2.27. The van der Waals surface area contributed by atoms with Crippen LogP contribution >= 0.6 is 0 Å². The van der Waals surface area contributed by atoms with Crippen molar-refractivity contribution < 1.29 is 9.84 Å². The van der Waals surface area contributed by atoms with Crippen LogP contribution in [0.1, 0.15) is 6.42 Å². The summed E-state index contributed by atoms with van der Waals surface area (Å²) in [5.74, 6) is 0. The van der Waals surface area contributed by atoms with Crippen molar-refractivity contribution in [2.24, 2.45) is 5.41 Å². The van der Waals surface area contributed by atoms with E-state index in [1.54, 1.807) is 0 Å². The molecular formula is C7H15NO2. The quantitative estimate of drug-likeness (QED) is 0.566. The summed E-state index contributed by atoms with van der Waals surface area (Å²) in [6.45, 7) is 2.82. The van der Waals surface area contributed by atoms with Crippen LogP contribution in [0.25, 0.3) is 0 Å². The first-order valence-electron chi connectivity index (χ1n) is 3.66. The van der Waals surface area contributed by atoms with E-state index in [-0.39, 0.29) is 12.0 Å². The minimum absolute atomic E-state index is 0.240. The van der Waals surface area contributed by atoms with E-state index >= 15 is 0 Å². The summed E-state index contributed by atoms with van der Waals surface area (Å²) in [5.41, 5.74) is 0.240. The Kier molecular flexibility index (Phi) is 2.65. The van der Waals surface area contributed by atoms with Gasteiger partial charge in [-0.3, -0.25) is 0 Å². The zero-order valence-electron chi connectivity index (χ0n) is 6.39. The lowest BCUT2D eigenvalue weighted by molar-refractivity contribution is -0.119. The molecule has 0 saturated carbocycles. The molecule has 3 nitrogen and oxygen atoms in total. The number of ether oxygens (including phenoxy) is 1. The van der Waals surface area contributed by atoms with Gasteiger partial charge in [-0.15, -0.1) is 0 Å². The van der Waals surface area contributed by atoms with Crippen molar-refractivity contribution in [1.29, 1.82) is 0 Å². The van der Waals surface area contributed by atoms with Gasteiger partial charge in [0, 0.05) is 18.6 Å². The van der Waals surface area contributed by atoms with Gasteiger partial charge in [-0.25, -0.2) is 0 Å². The van der Waals surface area contributed by atoms with Crippen LogP contribution < -0.4 is 5.32 Å². The Morgan fingerprint density at radius 1 is 1.60 bits per heavy atom. The Hall–Kier alpha value is -0.120. The van der Waals surface area contributed by atoms with Gasteiger partial charge >= 0.3 is 0 Å². The van der Waals surface area contributed by atoms with Crippen LogP contribution in [0.4, 0.5) is 0 Å². The van der Waals surface area contributed by atoms with E-state index in [1.165, 1.54) is 0 Å². The van der Waals surface area contributed by atoms with Crippen molar-refractivity contribution in [2.45, 2.75) is 6.42 Å². The molecule has 60 valence electrons. The van der Waals surface area contributed by atoms with Gasteiger partial charge in [0.1, 0.15) is 0 Å². The molecule has 1 aliphatic rings. The van der Waals surface area contributed by atoms with Crippen LogP contribution in [0.15, 0.2) is 0 Å².